The van der Waals surface area contributed by atoms with Crippen LogP contribution in [0.25, 0.3) is 10.9 Å². The molecule has 0 aliphatic carbocycles. The zero-order valence-electron chi connectivity index (χ0n) is 17.1. The highest BCUT2D eigenvalue weighted by Gasteiger charge is 2.32. The summed E-state index contributed by atoms with van der Waals surface area (Å²) in [7, 11) is 2.17. The Hall–Kier alpha value is -2.34. The lowest BCUT2D eigenvalue weighted by atomic mass is 10.0. The number of rotatable bonds is 3. The highest BCUT2D eigenvalue weighted by atomic mass is 19.4. The van der Waals surface area contributed by atoms with E-state index in [0.717, 1.165) is 37.6 Å². The first kappa shape index (κ1) is 20.0. The smallest absolute Gasteiger partial charge is 0.344 e. The molecule has 0 amide bonds. The second-order valence-electron chi connectivity index (χ2n) is 8.18. The zero-order chi connectivity index (χ0) is 20.8. The molecule has 0 saturated heterocycles. The molecule has 4 rings (SSSR count). The van der Waals surface area contributed by atoms with Crippen LogP contribution in [-0.4, -0.2) is 34.1 Å². The van der Waals surface area contributed by atoms with E-state index in [4.69, 9.17) is 0 Å². The normalized spacial score (nSPS) is 18.1. The van der Waals surface area contributed by atoms with Crippen LogP contribution >= 0.6 is 0 Å². The topological polar surface area (TPSA) is 21.1 Å². The van der Waals surface area contributed by atoms with Crippen molar-refractivity contribution in [2.24, 2.45) is 0 Å². The minimum Gasteiger partial charge on any atom is -0.344 e. The minimum absolute atomic E-state index is 0.481. The lowest BCUT2D eigenvalue weighted by molar-refractivity contribution is -0.141. The van der Waals surface area contributed by atoms with Crippen LogP contribution in [0.1, 0.15) is 35.0 Å². The Morgan fingerprint density at radius 1 is 1.17 bits per heavy atom. The molecule has 0 radical (unpaired) electrons. The van der Waals surface area contributed by atoms with Gasteiger partial charge in [-0.1, -0.05) is 17.7 Å². The van der Waals surface area contributed by atoms with Gasteiger partial charge in [0, 0.05) is 48.3 Å². The largest absolute Gasteiger partial charge is 0.433 e. The van der Waals surface area contributed by atoms with Gasteiger partial charge in [-0.2, -0.15) is 13.2 Å². The van der Waals surface area contributed by atoms with E-state index >= 15 is 0 Å². The number of fused-ring (bicyclic) bond motifs is 3. The Bertz CT molecular complexity index is 1020. The lowest BCUT2D eigenvalue weighted by Gasteiger charge is -2.21. The number of hydrogen-bond donors (Lipinski definition) is 0. The number of nitrogens with zero attached hydrogens (tertiary/aromatic N) is 3. The second kappa shape index (κ2) is 7.48. The number of hydrogen-bond acceptors (Lipinski definition) is 2. The van der Waals surface area contributed by atoms with Crippen LogP contribution in [0.3, 0.4) is 0 Å². The number of halogens is 3. The fourth-order valence-corrected chi connectivity index (χ4v) is 4.29. The molecule has 0 bridgehead atoms. The molecule has 1 atom stereocenters. The van der Waals surface area contributed by atoms with Crippen molar-refractivity contribution in [1.29, 1.82) is 0 Å². The van der Waals surface area contributed by atoms with Gasteiger partial charge >= 0.3 is 6.18 Å². The average Bonchev–Trinajstić information content (AvgIpc) is 2.86. The molecule has 0 saturated carbocycles. The highest BCUT2D eigenvalue weighted by Crippen LogP contribution is 2.32. The Balaban J connectivity index is 1.67. The zero-order valence-corrected chi connectivity index (χ0v) is 17.1. The molecule has 3 nitrogen and oxygen atoms in total. The molecular weight excluding hydrogens is 375 g/mol. The molecule has 0 N–H and O–H groups in total. The van der Waals surface area contributed by atoms with E-state index in [1.165, 1.54) is 33.9 Å². The van der Waals surface area contributed by atoms with Crippen LogP contribution in [0.4, 0.5) is 13.2 Å². The summed E-state index contributed by atoms with van der Waals surface area (Å²) >= 11 is 0. The monoisotopic (exact) mass is 401 g/mol. The van der Waals surface area contributed by atoms with E-state index in [2.05, 4.69) is 53.5 Å². The van der Waals surface area contributed by atoms with Crippen molar-refractivity contribution in [1.82, 2.24) is 14.5 Å². The van der Waals surface area contributed by atoms with Gasteiger partial charge in [0.15, 0.2) is 0 Å². The van der Waals surface area contributed by atoms with Gasteiger partial charge in [0.1, 0.15) is 5.69 Å². The molecule has 1 aromatic carbocycles. The van der Waals surface area contributed by atoms with E-state index in [-0.39, 0.29) is 0 Å². The van der Waals surface area contributed by atoms with E-state index in [1.54, 1.807) is 6.07 Å². The van der Waals surface area contributed by atoms with Crippen LogP contribution in [0.5, 0.6) is 0 Å². The third kappa shape index (κ3) is 3.90. The molecule has 3 aromatic rings. The van der Waals surface area contributed by atoms with E-state index in [1.807, 2.05) is 0 Å². The second-order valence-corrected chi connectivity index (χ2v) is 8.18. The third-order valence-corrected chi connectivity index (χ3v) is 6.13. The first-order valence-electron chi connectivity index (χ1n) is 10.1. The number of alkyl halides is 3. The predicted molar refractivity (Wildman–Crippen MR) is 109 cm³/mol. The summed E-state index contributed by atoms with van der Waals surface area (Å²) in [6.07, 6.45) is -0.392. The summed E-state index contributed by atoms with van der Waals surface area (Å²) in [5.74, 6) is 0. The fraction of sp³-hybridized carbons (Fsp3) is 0.435. The summed E-state index contributed by atoms with van der Waals surface area (Å²) in [6, 6.07) is 9.67. The lowest BCUT2D eigenvalue weighted by Crippen LogP contribution is -2.30. The number of aromatic nitrogens is 2. The Labute approximate surface area is 169 Å². The maximum Gasteiger partial charge on any atom is 0.433 e. The number of likely N-dealkylation sites (N-methyl/N-ethyl adjacent to an activating group) is 1. The van der Waals surface area contributed by atoms with Crippen molar-refractivity contribution < 1.29 is 13.2 Å². The first-order chi connectivity index (χ1) is 13.7. The quantitative estimate of drug-likeness (QED) is 0.614. The van der Waals surface area contributed by atoms with Gasteiger partial charge in [-0.05, 0) is 63.1 Å². The van der Waals surface area contributed by atoms with Gasteiger partial charge in [-0.15, -0.1) is 0 Å². The van der Waals surface area contributed by atoms with Gasteiger partial charge in [0.2, 0.25) is 0 Å². The van der Waals surface area contributed by atoms with Crippen LogP contribution in [0.15, 0.2) is 36.5 Å². The van der Waals surface area contributed by atoms with Crippen molar-refractivity contribution >= 4 is 10.9 Å². The van der Waals surface area contributed by atoms with Crippen molar-refractivity contribution in [3.05, 3.63) is 64.6 Å². The number of benzene rings is 1. The van der Waals surface area contributed by atoms with Gasteiger partial charge in [-0.25, -0.2) is 0 Å². The predicted octanol–water partition coefficient (Wildman–Crippen LogP) is 5.03. The average molecular weight is 401 g/mol. The van der Waals surface area contributed by atoms with Crippen LogP contribution in [-0.2, 0) is 32.0 Å². The summed E-state index contributed by atoms with van der Waals surface area (Å²) in [6.45, 7) is 6.12. The molecule has 2 aromatic heterocycles. The van der Waals surface area contributed by atoms with Crippen molar-refractivity contribution in [3.8, 4) is 0 Å². The van der Waals surface area contributed by atoms with Crippen molar-refractivity contribution in [3.63, 3.8) is 0 Å². The van der Waals surface area contributed by atoms with Gasteiger partial charge in [0.25, 0.3) is 0 Å². The molecule has 29 heavy (non-hydrogen) atoms. The maximum absolute atomic E-state index is 12.8. The molecule has 0 spiro atoms. The molecule has 3 heterocycles. The van der Waals surface area contributed by atoms with Gasteiger partial charge in [0.05, 0.1) is 0 Å². The molecule has 1 aliphatic rings. The SMILES string of the molecule is Cc1ccc2c(c1)c1c(n2CCc2ccc(C(F)(F)F)nc2)CCN(C)C(C)C1. The molecule has 1 unspecified atom stereocenters. The minimum atomic E-state index is -4.40. The van der Waals surface area contributed by atoms with Gasteiger partial charge < -0.3 is 9.47 Å². The van der Waals surface area contributed by atoms with E-state index in [0.29, 0.717) is 12.5 Å². The summed E-state index contributed by atoms with van der Waals surface area (Å²) < 4.78 is 40.6. The molecule has 0 fully saturated rings. The molecule has 154 valence electrons. The summed E-state index contributed by atoms with van der Waals surface area (Å²) in [5.41, 5.74) is 5.23. The number of pyridine rings is 1. The summed E-state index contributed by atoms with van der Waals surface area (Å²) in [4.78, 5) is 6.00. The number of aryl methyl sites for hydroxylation is 3. The van der Waals surface area contributed by atoms with Crippen LogP contribution in [0, 0.1) is 6.92 Å². The van der Waals surface area contributed by atoms with Gasteiger partial charge in [-0.3, -0.25) is 4.98 Å². The van der Waals surface area contributed by atoms with E-state index in [9.17, 15) is 13.2 Å². The third-order valence-electron chi connectivity index (χ3n) is 6.13. The maximum atomic E-state index is 12.8. The van der Waals surface area contributed by atoms with Crippen molar-refractivity contribution in [2.45, 2.75) is 51.9 Å². The Kier molecular flexibility index (Phi) is 5.15. The standard InChI is InChI=1S/C23H26F3N3/c1-15-4-6-20-18(12-15)19-13-16(2)28(3)10-9-21(19)29(20)11-8-17-5-7-22(27-14-17)23(24,25)26/h4-7,12,14,16H,8-11,13H2,1-3H3. The first-order valence-corrected chi connectivity index (χ1v) is 10.1. The Morgan fingerprint density at radius 3 is 2.66 bits per heavy atom. The van der Waals surface area contributed by atoms with Crippen molar-refractivity contribution in [2.75, 3.05) is 13.6 Å². The molecular formula is C23H26F3N3. The van der Waals surface area contributed by atoms with Crippen LogP contribution < -0.4 is 0 Å². The molecule has 1 aliphatic heterocycles. The fourth-order valence-electron chi connectivity index (χ4n) is 4.29. The Morgan fingerprint density at radius 2 is 1.97 bits per heavy atom. The van der Waals surface area contributed by atoms with Crippen LogP contribution in [0.2, 0.25) is 0 Å². The molecule has 6 heteroatoms. The van der Waals surface area contributed by atoms with E-state index < -0.39 is 11.9 Å². The summed E-state index contributed by atoms with van der Waals surface area (Å²) in [5, 5.41) is 1.31. The highest BCUT2D eigenvalue weighted by molar-refractivity contribution is 5.86.